The van der Waals surface area contributed by atoms with Gasteiger partial charge in [-0.15, -0.1) is 11.3 Å². The van der Waals surface area contributed by atoms with Crippen LogP contribution in [0.5, 0.6) is 5.75 Å². The van der Waals surface area contributed by atoms with Crippen molar-refractivity contribution >= 4 is 52.6 Å². The SMILES string of the molecule is CCC(CC)COC(=O)[C@H](C)NP(=O)(Oc1ccccc1)[C@@H](F)c1ccc2sc(C(=O)N[C@H]3CCCC[C@H]4CC[C@@H](C(=O)N5C[C@@H](c6cccnc6)CC56CC6)N4C3=O)cc2c1. The van der Waals surface area contributed by atoms with Crippen LogP contribution in [0.1, 0.15) is 124 Å². The number of hydrogen-bond donors (Lipinski definition) is 2. The Hall–Kier alpha value is -4.65. The van der Waals surface area contributed by atoms with Crippen LogP contribution in [-0.2, 0) is 23.7 Å². The molecule has 4 fully saturated rings. The molecule has 4 aromatic rings. The first-order valence-corrected chi connectivity index (χ1v) is 24.7. The summed E-state index contributed by atoms with van der Waals surface area (Å²) in [5.74, 6) is -2.93. The molecule has 0 bridgehead atoms. The first kappa shape index (κ1) is 44.0. The second kappa shape index (κ2) is 18.6. The summed E-state index contributed by atoms with van der Waals surface area (Å²) in [6.45, 7) is 6.31. The van der Waals surface area contributed by atoms with Gasteiger partial charge in [0.1, 0.15) is 23.9 Å². The monoisotopic (exact) mass is 885 g/mol. The maximum atomic E-state index is 16.7. The number of esters is 1. The van der Waals surface area contributed by atoms with E-state index in [1.165, 1.54) is 30.4 Å². The number of thiophene rings is 1. The summed E-state index contributed by atoms with van der Waals surface area (Å²) in [5, 5.41) is 6.21. The van der Waals surface area contributed by atoms with Crippen molar-refractivity contribution < 1.29 is 37.4 Å². The summed E-state index contributed by atoms with van der Waals surface area (Å²) in [7, 11) is -4.47. The number of amides is 3. The Balaban J connectivity index is 0.970. The Morgan fingerprint density at radius 1 is 1.00 bits per heavy atom. The fraction of sp³-hybridized carbons (Fsp3) is 0.511. The number of para-hydroxylation sites is 1. The minimum Gasteiger partial charge on any atom is -0.464 e. The molecule has 1 saturated carbocycles. The van der Waals surface area contributed by atoms with Gasteiger partial charge in [0, 0.05) is 41.1 Å². The Bertz CT molecular complexity index is 2310. The van der Waals surface area contributed by atoms with E-state index in [2.05, 4.69) is 26.4 Å². The van der Waals surface area contributed by atoms with Gasteiger partial charge < -0.3 is 24.4 Å². The second-order valence-corrected chi connectivity index (χ2v) is 20.7. The number of carbonyl (C=O) groups excluding carboxylic acids is 4. The molecule has 2 N–H and O–H groups in total. The van der Waals surface area contributed by atoms with Crippen LogP contribution >= 0.6 is 18.9 Å². The number of fused-ring (bicyclic) bond motifs is 2. The number of nitrogens with one attached hydrogen (secondary N) is 2. The molecule has 5 heterocycles. The first-order chi connectivity index (χ1) is 29.9. The van der Waals surface area contributed by atoms with Crippen LogP contribution in [0.15, 0.2) is 79.1 Å². The Kier molecular flexibility index (Phi) is 13.2. The lowest BCUT2D eigenvalue weighted by Crippen LogP contribution is -2.57. The normalized spacial score (nSPS) is 23.9. The van der Waals surface area contributed by atoms with Gasteiger partial charge in [0.15, 0.2) is 0 Å². The zero-order valence-corrected chi connectivity index (χ0v) is 37.4. The minimum atomic E-state index is -4.47. The fourth-order valence-electron chi connectivity index (χ4n) is 9.61. The van der Waals surface area contributed by atoms with E-state index in [1.54, 1.807) is 53.6 Å². The molecule has 3 saturated heterocycles. The smallest absolute Gasteiger partial charge is 0.355 e. The molecule has 8 rings (SSSR count). The number of halogens is 1. The molecule has 12 nitrogen and oxygen atoms in total. The molecule has 62 heavy (non-hydrogen) atoms. The summed E-state index contributed by atoms with van der Waals surface area (Å²) < 4.78 is 43.2. The first-order valence-electron chi connectivity index (χ1n) is 22.2. The van der Waals surface area contributed by atoms with Gasteiger partial charge in [-0.05, 0) is 111 Å². The van der Waals surface area contributed by atoms with Crippen LogP contribution in [0, 0.1) is 5.92 Å². The highest BCUT2D eigenvalue weighted by atomic mass is 32.1. The third-order valence-electron chi connectivity index (χ3n) is 13.4. The molecule has 330 valence electrons. The molecule has 3 aliphatic heterocycles. The van der Waals surface area contributed by atoms with E-state index < -0.39 is 43.4 Å². The average molecular weight is 886 g/mol. The molecule has 3 amide bonds. The zero-order chi connectivity index (χ0) is 43.6. The summed E-state index contributed by atoms with van der Waals surface area (Å²) in [5.41, 5.74) is 1.02. The van der Waals surface area contributed by atoms with Gasteiger partial charge in [0.2, 0.25) is 17.7 Å². The van der Waals surface area contributed by atoms with Crippen molar-refractivity contribution in [2.24, 2.45) is 5.92 Å². The number of likely N-dealkylation sites (tertiary alicyclic amines) is 1. The van der Waals surface area contributed by atoms with Crippen LogP contribution in [0.4, 0.5) is 4.39 Å². The molecule has 1 unspecified atom stereocenters. The summed E-state index contributed by atoms with van der Waals surface area (Å²) in [6.07, 6.45) is 12.4. The average Bonchev–Trinajstić information content (AvgIpc) is 3.56. The van der Waals surface area contributed by atoms with Crippen molar-refractivity contribution in [1.29, 1.82) is 0 Å². The lowest BCUT2D eigenvalue weighted by Gasteiger charge is -2.37. The van der Waals surface area contributed by atoms with E-state index in [0.29, 0.717) is 34.3 Å². The molecular weight excluding hydrogens is 829 g/mol. The molecule has 0 radical (unpaired) electrons. The Morgan fingerprint density at radius 2 is 1.77 bits per heavy atom. The van der Waals surface area contributed by atoms with Gasteiger partial charge in [-0.1, -0.05) is 69.9 Å². The van der Waals surface area contributed by atoms with Crippen molar-refractivity contribution in [1.82, 2.24) is 25.2 Å². The number of carbonyl (C=O) groups is 4. The van der Waals surface area contributed by atoms with Crippen LogP contribution in [0.2, 0.25) is 0 Å². The maximum absolute atomic E-state index is 16.7. The number of alkyl halides is 1. The number of pyridine rings is 1. The highest BCUT2D eigenvalue weighted by Gasteiger charge is 2.58. The van der Waals surface area contributed by atoms with E-state index in [1.807, 2.05) is 26.1 Å². The van der Waals surface area contributed by atoms with Crippen molar-refractivity contribution in [3.63, 3.8) is 0 Å². The molecule has 1 spiro atoms. The lowest BCUT2D eigenvalue weighted by molar-refractivity contribution is -0.148. The zero-order valence-electron chi connectivity index (χ0n) is 35.7. The van der Waals surface area contributed by atoms with Crippen LogP contribution in [0.25, 0.3) is 10.1 Å². The molecule has 2 aromatic heterocycles. The predicted molar refractivity (Wildman–Crippen MR) is 237 cm³/mol. The van der Waals surface area contributed by atoms with Crippen molar-refractivity contribution in [2.75, 3.05) is 13.2 Å². The third kappa shape index (κ3) is 9.19. The molecule has 1 aliphatic carbocycles. The predicted octanol–water partition coefficient (Wildman–Crippen LogP) is 9.07. The Labute approximate surface area is 366 Å². The van der Waals surface area contributed by atoms with Crippen molar-refractivity contribution in [3.05, 3.63) is 95.1 Å². The maximum Gasteiger partial charge on any atom is 0.355 e. The largest absolute Gasteiger partial charge is 0.464 e. The van der Waals surface area contributed by atoms with E-state index in [4.69, 9.17) is 9.26 Å². The van der Waals surface area contributed by atoms with Gasteiger partial charge >= 0.3 is 13.5 Å². The highest BCUT2D eigenvalue weighted by molar-refractivity contribution is 7.57. The fourth-order valence-corrected chi connectivity index (χ4v) is 12.5. The summed E-state index contributed by atoms with van der Waals surface area (Å²) in [6, 6.07) is 16.0. The van der Waals surface area contributed by atoms with Crippen LogP contribution in [0.3, 0.4) is 0 Å². The summed E-state index contributed by atoms with van der Waals surface area (Å²) in [4.78, 5) is 64.4. The molecule has 15 heteroatoms. The third-order valence-corrected chi connectivity index (χ3v) is 16.7. The number of benzene rings is 2. The number of aromatic nitrogens is 1. The number of hydrogen-bond acceptors (Lipinski definition) is 9. The van der Waals surface area contributed by atoms with Crippen LogP contribution in [-0.4, -0.2) is 81.3 Å². The van der Waals surface area contributed by atoms with Gasteiger partial charge in [-0.2, -0.15) is 0 Å². The van der Waals surface area contributed by atoms with E-state index >= 15 is 4.39 Å². The van der Waals surface area contributed by atoms with E-state index in [9.17, 15) is 23.7 Å². The van der Waals surface area contributed by atoms with Crippen molar-refractivity contribution in [3.8, 4) is 5.75 Å². The second-order valence-electron chi connectivity index (χ2n) is 17.6. The van der Waals surface area contributed by atoms with Gasteiger partial charge in [-0.25, -0.2) is 9.48 Å². The van der Waals surface area contributed by atoms with E-state index in [0.717, 1.165) is 63.4 Å². The summed E-state index contributed by atoms with van der Waals surface area (Å²) >= 11 is 1.21. The van der Waals surface area contributed by atoms with Gasteiger partial charge in [0.05, 0.1) is 11.5 Å². The number of ether oxygens (including phenoxy) is 1. The number of nitrogens with zero attached hydrogens (tertiary/aromatic N) is 3. The van der Waals surface area contributed by atoms with Crippen molar-refractivity contribution in [2.45, 2.75) is 133 Å². The molecule has 7 atom stereocenters. The van der Waals surface area contributed by atoms with E-state index in [-0.39, 0.29) is 53.2 Å². The van der Waals surface area contributed by atoms with Gasteiger partial charge in [-0.3, -0.25) is 28.7 Å². The molecule has 4 aliphatic rings. The minimum absolute atomic E-state index is 0.0160. The highest BCUT2D eigenvalue weighted by Crippen LogP contribution is 2.58. The van der Waals surface area contributed by atoms with Gasteiger partial charge in [0.25, 0.3) is 5.91 Å². The standard InChI is InChI=1S/C47H57FN5O7PS/c1-4-31(5-2)29-59-46(57)30(3)51-61(58,60-37-14-7-6-8-15-37)42(48)32-17-20-40-34(24-32)25-41(62-40)43(54)50-38-16-10-9-13-36-18-19-39(53(36)44(38)55)45(56)52-28-35(26-47(52)21-22-47)33-12-11-23-49-27-33/h6-8,11-12,14-15,17,20,23-25,27,30-31,35-36,38-39,42H,4-5,9-10,13,16,18-19,21-22,26,28-29H2,1-3H3,(H,50,54)(H,51,58)/t30-,35-,36-,38-,39-,42+,61?/m0/s1. The molecular formula is C47H57FN5O7PS. The molecule has 2 aromatic carbocycles. The number of rotatable bonds is 15. The topological polar surface area (TPSA) is 147 Å². The Morgan fingerprint density at radius 3 is 2.50 bits per heavy atom. The lowest BCUT2D eigenvalue weighted by atomic mass is 9.97. The van der Waals surface area contributed by atoms with Crippen LogP contribution < -0.4 is 14.9 Å². The quantitative estimate of drug-likeness (QED) is 0.0882.